The second kappa shape index (κ2) is 4.43. The molecule has 0 unspecified atom stereocenters. The minimum Gasteiger partial charge on any atom is -0.238 e. The van der Waals surface area contributed by atoms with Gasteiger partial charge in [0.15, 0.2) is 5.69 Å². The van der Waals surface area contributed by atoms with Crippen LogP contribution in [0.15, 0.2) is 29.2 Å². The first-order valence-electron chi connectivity index (χ1n) is 4.45. The molecular formula is C10H12N2O2S. The lowest BCUT2D eigenvalue weighted by Gasteiger charge is -2.09. The molecule has 15 heavy (non-hydrogen) atoms. The molecule has 80 valence electrons. The standard InChI is InChI=1S/C10H12N2O2S/c1-8(2)12-15(13,14)10-6-4-9(11-3)5-7-10/h4-8,12H,1-2H3. The predicted molar refractivity (Wildman–Crippen MR) is 58.2 cm³/mol. The van der Waals surface area contributed by atoms with Crippen molar-refractivity contribution in [1.82, 2.24) is 4.72 Å². The normalized spacial score (nSPS) is 11.3. The smallest absolute Gasteiger partial charge is 0.238 e. The molecule has 0 aliphatic rings. The zero-order valence-electron chi connectivity index (χ0n) is 8.56. The Balaban J connectivity index is 3.02. The maximum absolute atomic E-state index is 11.7. The second-order valence-electron chi connectivity index (χ2n) is 3.38. The Morgan fingerprint density at radius 2 is 1.80 bits per heavy atom. The van der Waals surface area contributed by atoms with Gasteiger partial charge in [0, 0.05) is 6.04 Å². The van der Waals surface area contributed by atoms with E-state index in [1.54, 1.807) is 13.8 Å². The van der Waals surface area contributed by atoms with Crippen molar-refractivity contribution < 1.29 is 8.42 Å². The fraction of sp³-hybridized carbons (Fsp3) is 0.300. The van der Waals surface area contributed by atoms with Crippen LogP contribution in [0, 0.1) is 6.57 Å². The van der Waals surface area contributed by atoms with Crippen LogP contribution >= 0.6 is 0 Å². The molecule has 0 aliphatic heterocycles. The molecule has 5 heteroatoms. The zero-order chi connectivity index (χ0) is 11.5. The summed E-state index contributed by atoms with van der Waals surface area (Å²) in [5.41, 5.74) is 0.429. The van der Waals surface area contributed by atoms with Gasteiger partial charge in [0.2, 0.25) is 10.0 Å². The molecule has 0 radical (unpaired) electrons. The number of sulfonamides is 1. The summed E-state index contributed by atoms with van der Waals surface area (Å²) in [5, 5.41) is 0. The van der Waals surface area contributed by atoms with E-state index in [-0.39, 0.29) is 10.9 Å². The monoisotopic (exact) mass is 224 g/mol. The van der Waals surface area contributed by atoms with Crippen LogP contribution in [0.25, 0.3) is 4.85 Å². The third kappa shape index (κ3) is 3.05. The Morgan fingerprint density at radius 3 is 2.20 bits per heavy atom. The van der Waals surface area contributed by atoms with Crippen LogP contribution < -0.4 is 4.72 Å². The molecule has 0 aromatic heterocycles. The molecule has 1 aromatic rings. The molecule has 4 nitrogen and oxygen atoms in total. The fourth-order valence-corrected chi connectivity index (χ4v) is 2.33. The van der Waals surface area contributed by atoms with Crippen molar-refractivity contribution in [1.29, 1.82) is 0 Å². The van der Waals surface area contributed by atoms with Crippen LogP contribution in [-0.2, 0) is 10.0 Å². The first-order chi connectivity index (χ1) is 6.95. The van der Waals surface area contributed by atoms with E-state index in [1.165, 1.54) is 24.3 Å². The lowest BCUT2D eigenvalue weighted by Crippen LogP contribution is -2.30. The van der Waals surface area contributed by atoms with Gasteiger partial charge in [-0.2, -0.15) is 0 Å². The van der Waals surface area contributed by atoms with E-state index in [0.717, 1.165) is 0 Å². The number of hydrogen-bond acceptors (Lipinski definition) is 2. The van der Waals surface area contributed by atoms with Crippen LogP contribution in [-0.4, -0.2) is 14.5 Å². The van der Waals surface area contributed by atoms with Gasteiger partial charge in [0.05, 0.1) is 11.5 Å². The Labute approximate surface area is 89.8 Å². The molecule has 0 atom stereocenters. The van der Waals surface area contributed by atoms with Gasteiger partial charge in [-0.3, -0.25) is 0 Å². The van der Waals surface area contributed by atoms with Crippen molar-refractivity contribution in [3.05, 3.63) is 35.7 Å². The molecule has 1 aromatic carbocycles. The van der Waals surface area contributed by atoms with Crippen LogP contribution in [0.1, 0.15) is 13.8 Å². The first kappa shape index (κ1) is 11.7. The topological polar surface area (TPSA) is 50.5 Å². The maximum atomic E-state index is 11.7. The molecule has 1 N–H and O–H groups in total. The van der Waals surface area contributed by atoms with Crippen molar-refractivity contribution in [2.75, 3.05) is 0 Å². The van der Waals surface area contributed by atoms with E-state index in [1.807, 2.05) is 0 Å². The number of rotatable bonds is 3. The van der Waals surface area contributed by atoms with Gasteiger partial charge in [0.25, 0.3) is 0 Å². The van der Waals surface area contributed by atoms with Crippen molar-refractivity contribution in [3.8, 4) is 0 Å². The second-order valence-corrected chi connectivity index (χ2v) is 5.10. The Hall–Kier alpha value is -1.38. The molecular weight excluding hydrogens is 212 g/mol. The SMILES string of the molecule is [C-]#[N+]c1ccc(S(=O)(=O)NC(C)C)cc1. The number of benzene rings is 1. The molecule has 0 saturated heterocycles. The quantitative estimate of drug-likeness (QED) is 0.797. The van der Waals surface area contributed by atoms with Gasteiger partial charge in [-0.25, -0.2) is 18.0 Å². The predicted octanol–water partition coefficient (Wildman–Crippen LogP) is 1.92. The highest BCUT2D eigenvalue weighted by Crippen LogP contribution is 2.16. The molecule has 0 fully saturated rings. The average Bonchev–Trinajstić information content (AvgIpc) is 2.16. The molecule has 0 amide bonds. The maximum Gasteiger partial charge on any atom is 0.240 e. The summed E-state index contributed by atoms with van der Waals surface area (Å²) < 4.78 is 25.8. The van der Waals surface area contributed by atoms with E-state index in [9.17, 15) is 8.42 Å². The van der Waals surface area contributed by atoms with Gasteiger partial charge >= 0.3 is 0 Å². The molecule has 0 saturated carbocycles. The van der Waals surface area contributed by atoms with Gasteiger partial charge in [0.1, 0.15) is 0 Å². The summed E-state index contributed by atoms with van der Waals surface area (Å²) in [5.74, 6) is 0. The lowest BCUT2D eigenvalue weighted by atomic mass is 10.3. The Morgan fingerprint density at radius 1 is 1.27 bits per heavy atom. The minimum atomic E-state index is -3.44. The van der Waals surface area contributed by atoms with E-state index < -0.39 is 10.0 Å². The Bertz CT molecular complexity index is 469. The largest absolute Gasteiger partial charge is 0.240 e. The van der Waals surface area contributed by atoms with Crippen LogP contribution in [0.5, 0.6) is 0 Å². The van der Waals surface area contributed by atoms with Gasteiger partial charge in [-0.15, -0.1) is 0 Å². The van der Waals surface area contributed by atoms with Crippen molar-refractivity contribution in [2.45, 2.75) is 24.8 Å². The number of nitrogens with zero attached hydrogens (tertiary/aromatic N) is 1. The summed E-state index contributed by atoms with van der Waals surface area (Å²) in [4.78, 5) is 3.37. The summed E-state index contributed by atoms with van der Waals surface area (Å²) >= 11 is 0. The zero-order valence-corrected chi connectivity index (χ0v) is 9.38. The van der Waals surface area contributed by atoms with Gasteiger partial charge < -0.3 is 0 Å². The summed E-state index contributed by atoms with van der Waals surface area (Å²) in [6, 6.07) is 5.69. The van der Waals surface area contributed by atoms with Gasteiger partial charge in [-0.1, -0.05) is 24.3 Å². The molecule has 1 rings (SSSR count). The third-order valence-electron chi connectivity index (χ3n) is 1.67. The highest BCUT2D eigenvalue weighted by atomic mass is 32.2. The minimum absolute atomic E-state index is 0.143. The third-order valence-corrected chi connectivity index (χ3v) is 3.34. The molecule has 0 spiro atoms. The van der Waals surface area contributed by atoms with Crippen molar-refractivity contribution in [2.24, 2.45) is 0 Å². The van der Waals surface area contributed by atoms with Crippen LogP contribution in [0.2, 0.25) is 0 Å². The summed E-state index contributed by atoms with van der Waals surface area (Å²) in [6.45, 7) is 10.3. The van der Waals surface area contributed by atoms with Gasteiger partial charge in [-0.05, 0) is 13.8 Å². The van der Waals surface area contributed by atoms with E-state index in [0.29, 0.717) is 5.69 Å². The first-order valence-corrected chi connectivity index (χ1v) is 5.94. The van der Waals surface area contributed by atoms with Crippen molar-refractivity contribution >= 4 is 15.7 Å². The molecule has 0 aliphatic carbocycles. The Kier molecular flexibility index (Phi) is 3.45. The molecule has 0 bridgehead atoms. The summed E-state index contributed by atoms with van der Waals surface area (Å²) in [6.07, 6.45) is 0. The number of hydrogen-bond donors (Lipinski definition) is 1. The van der Waals surface area contributed by atoms with E-state index >= 15 is 0 Å². The van der Waals surface area contributed by atoms with E-state index in [4.69, 9.17) is 6.57 Å². The molecule has 0 heterocycles. The van der Waals surface area contributed by atoms with Crippen molar-refractivity contribution in [3.63, 3.8) is 0 Å². The highest BCUT2D eigenvalue weighted by Gasteiger charge is 2.14. The van der Waals surface area contributed by atoms with Crippen LogP contribution in [0.4, 0.5) is 5.69 Å². The van der Waals surface area contributed by atoms with E-state index in [2.05, 4.69) is 9.57 Å². The number of nitrogens with one attached hydrogen (secondary N) is 1. The van der Waals surface area contributed by atoms with Crippen LogP contribution in [0.3, 0.4) is 0 Å². The lowest BCUT2D eigenvalue weighted by molar-refractivity contribution is 0.570. The fourth-order valence-electron chi connectivity index (χ4n) is 1.08. The highest BCUT2D eigenvalue weighted by molar-refractivity contribution is 7.89. The average molecular weight is 224 g/mol. The summed E-state index contributed by atoms with van der Waals surface area (Å²) in [7, 11) is -3.44.